The molecule has 146 valence electrons. The first kappa shape index (κ1) is 17.4. The molecule has 2 atom stereocenters. The van der Waals surface area contributed by atoms with Crippen LogP contribution >= 0.6 is 0 Å². The van der Waals surface area contributed by atoms with Crippen molar-refractivity contribution in [2.45, 2.75) is 26.8 Å². The van der Waals surface area contributed by atoms with E-state index in [1.54, 1.807) is 6.20 Å². The third-order valence-electron chi connectivity index (χ3n) is 6.26. The molecule has 0 spiro atoms. The lowest BCUT2D eigenvalue weighted by Crippen LogP contribution is -2.33. The van der Waals surface area contributed by atoms with Gasteiger partial charge in [0, 0.05) is 44.0 Å². The SMILES string of the molecule is Cc1nc2ccc(N3CC4CN(C(C)C)CC4C3)nn2c1-c1ccnc(N)c1. The summed E-state index contributed by atoms with van der Waals surface area (Å²) in [4.78, 5) is 13.8. The summed E-state index contributed by atoms with van der Waals surface area (Å²) in [6.45, 7) is 11.2. The molecule has 2 unspecified atom stereocenters. The van der Waals surface area contributed by atoms with Crippen LogP contribution in [0.1, 0.15) is 19.5 Å². The second-order valence-electron chi connectivity index (χ2n) is 8.45. The fourth-order valence-electron chi connectivity index (χ4n) is 4.77. The van der Waals surface area contributed by atoms with Crippen molar-refractivity contribution in [3.8, 4) is 11.3 Å². The van der Waals surface area contributed by atoms with Crippen molar-refractivity contribution in [2.24, 2.45) is 11.8 Å². The number of hydrogen-bond donors (Lipinski definition) is 1. The minimum atomic E-state index is 0.505. The number of fused-ring (bicyclic) bond motifs is 2. The van der Waals surface area contributed by atoms with Crippen LogP contribution in [0, 0.1) is 18.8 Å². The molecule has 2 N–H and O–H groups in total. The van der Waals surface area contributed by atoms with Gasteiger partial charge < -0.3 is 15.5 Å². The second kappa shape index (κ2) is 6.44. The quantitative estimate of drug-likeness (QED) is 0.756. The van der Waals surface area contributed by atoms with Crippen molar-refractivity contribution < 1.29 is 0 Å². The van der Waals surface area contributed by atoms with Crippen LogP contribution in [0.25, 0.3) is 16.9 Å². The molecule has 2 aliphatic rings. The van der Waals surface area contributed by atoms with Crippen molar-refractivity contribution in [2.75, 3.05) is 36.8 Å². The third kappa shape index (κ3) is 2.81. The number of rotatable bonds is 3. The number of likely N-dealkylation sites (tertiary alicyclic amines) is 1. The fraction of sp³-hybridized carbons (Fsp3) is 0.476. The average Bonchev–Trinajstić information content (AvgIpc) is 3.31. The molecule has 2 saturated heterocycles. The Balaban J connectivity index is 1.47. The summed E-state index contributed by atoms with van der Waals surface area (Å²) in [5.74, 6) is 3.01. The van der Waals surface area contributed by atoms with E-state index >= 15 is 0 Å². The number of hydrogen-bond acceptors (Lipinski definition) is 6. The summed E-state index contributed by atoms with van der Waals surface area (Å²) >= 11 is 0. The number of pyridine rings is 1. The van der Waals surface area contributed by atoms with Gasteiger partial charge >= 0.3 is 0 Å². The Morgan fingerprint density at radius 3 is 2.50 bits per heavy atom. The largest absolute Gasteiger partial charge is 0.384 e. The van der Waals surface area contributed by atoms with Gasteiger partial charge in [0.1, 0.15) is 11.6 Å². The molecule has 0 bridgehead atoms. The molecule has 0 radical (unpaired) electrons. The number of aryl methyl sites for hydroxylation is 1. The van der Waals surface area contributed by atoms with Crippen LogP contribution in [0.3, 0.4) is 0 Å². The molecule has 3 aromatic rings. The Labute approximate surface area is 165 Å². The standard InChI is InChI=1S/C21H27N7/c1-13(2)26-9-16-11-27(12-17(16)10-26)20-5-4-19-24-14(3)21(28(19)25-20)15-6-7-23-18(22)8-15/h4-8,13,16-17H,9-12H2,1-3H3,(H2,22,23). The third-order valence-corrected chi connectivity index (χ3v) is 6.26. The number of aromatic nitrogens is 4. The summed E-state index contributed by atoms with van der Waals surface area (Å²) in [5, 5.41) is 4.97. The van der Waals surface area contributed by atoms with Crippen LogP contribution in [-0.2, 0) is 0 Å². The van der Waals surface area contributed by atoms with E-state index in [0.29, 0.717) is 11.9 Å². The predicted octanol–water partition coefficient (Wildman–Crippen LogP) is 2.46. The van der Waals surface area contributed by atoms with Gasteiger partial charge in [-0.15, -0.1) is 5.10 Å². The predicted molar refractivity (Wildman–Crippen MR) is 111 cm³/mol. The summed E-state index contributed by atoms with van der Waals surface area (Å²) < 4.78 is 1.95. The highest BCUT2D eigenvalue weighted by Gasteiger charge is 2.41. The van der Waals surface area contributed by atoms with E-state index in [9.17, 15) is 0 Å². The van der Waals surface area contributed by atoms with Gasteiger partial charge in [-0.05, 0) is 56.9 Å². The van der Waals surface area contributed by atoms with Crippen LogP contribution in [0.4, 0.5) is 11.6 Å². The summed E-state index contributed by atoms with van der Waals surface area (Å²) in [6, 6.07) is 8.65. The Hall–Kier alpha value is -2.67. The van der Waals surface area contributed by atoms with E-state index in [2.05, 4.69) is 45.7 Å². The minimum Gasteiger partial charge on any atom is -0.384 e. The molecule has 2 aliphatic heterocycles. The first-order chi connectivity index (χ1) is 13.5. The van der Waals surface area contributed by atoms with E-state index < -0.39 is 0 Å². The van der Waals surface area contributed by atoms with Crippen LogP contribution in [0.15, 0.2) is 30.5 Å². The Morgan fingerprint density at radius 2 is 1.82 bits per heavy atom. The van der Waals surface area contributed by atoms with E-state index in [0.717, 1.165) is 53.3 Å². The molecule has 0 saturated carbocycles. The molecule has 0 aromatic carbocycles. The van der Waals surface area contributed by atoms with Crippen molar-refractivity contribution in [1.29, 1.82) is 0 Å². The van der Waals surface area contributed by atoms with Gasteiger partial charge in [-0.25, -0.2) is 14.5 Å². The van der Waals surface area contributed by atoms with Gasteiger partial charge in [0.25, 0.3) is 0 Å². The Kier molecular flexibility index (Phi) is 4.01. The minimum absolute atomic E-state index is 0.505. The molecule has 5 rings (SSSR count). The maximum Gasteiger partial charge on any atom is 0.154 e. The van der Waals surface area contributed by atoms with Gasteiger partial charge in [-0.3, -0.25) is 0 Å². The zero-order valence-corrected chi connectivity index (χ0v) is 16.7. The van der Waals surface area contributed by atoms with Crippen molar-refractivity contribution in [3.05, 3.63) is 36.2 Å². The number of nitrogens with two attached hydrogens (primary N) is 1. The molecule has 28 heavy (non-hydrogen) atoms. The highest BCUT2D eigenvalue weighted by atomic mass is 15.4. The molecule has 0 aliphatic carbocycles. The van der Waals surface area contributed by atoms with Gasteiger partial charge in [-0.1, -0.05) is 0 Å². The van der Waals surface area contributed by atoms with Gasteiger partial charge in [0.15, 0.2) is 5.65 Å². The van der Waals surface area contributed by atoms with Crippen LogP contribution < -0.4 is 10.6 Å². The van der Waals surface area contributed by atoms with Crippen LogP contribution in [0.2, 0.25) is 0 Å². The van der Waals surface area contributed by atoms with Crippen molar-refractivity contribution in [3.63, 3.8) is 0 Å². The van der Waals surface area contributed by atoms with E-state index in [1.807, 2.05) is 23.6 Å². The Morgan fingerprint density at radius 1 is 1.07 bits per heavy atom. The Bertz CT molecular complexity index is 1010. The molecular formula is C21H27N7. The molecule has 7 heteroatoms. The summed E-state index contributed by atoms with van der Waals surface area (Å²) in [6.07, 6.45) is 1.73. The van der Waals surface area contributed by atoms with Crippen LogP contribution in [-0.4, -0.2) is 56.7 Å². The molecule has 2 fully saturated rings. The topological polar surface area (TPSA) is 75.6 Å². The van der Waals surface area contributed by atoms with Crippen molar-refractivity contribution >= 4 is 17.3 Å². The highest BCUT2D eigenvalue weighted by molar-refractivity contribution is 5.68. The van der Waals surface area contributed by atoms with E-state index in [4.69, 9.17) is 10.8 Å². The smallest absolute Gasteiger partial charge is 0.154 e. The maximum atomic E-state index is 5.90. The molecule has 0 amide bonds. The summed E-state index contributed by atoms with van der Waals surface area (Å²) in [5.41, 5.74) is 9.68. The van der Waals surface area contributed by atoms with Gasteiger partial charge in [0.2, 0.25) is 0 Å². The number of nitrogen functional groups attached to an aromatic ring is 1. The zero-order chi connectivity index (χ0) is 19.4. The van der Waals surface area contributed by atoms with E-state index in [1.165, 1.54) is 13.1 Å². The highest BCUT2D eigenvalue weighted by Crippen LogP contribution is 2.34. The van der Waals surface area contributed by atoms with E-state index in [-0.39, 0.29) is 0 Å². The number of anilines is 2. The maximum absolute atomic E-state index is 5.90. The zero-order valence-electron chi connectivity index (χ0n) is 16.7. The van der Waals surface area contributed by atoms with Gasteiger partial charge in [-0.2, -0.15) is 0 Å². The lowest BCUT2D eigenvalue weighted by Gasteiger charge is -2.24. The normalized spacial score (nSPS) is 22.5. The second-order valence-corrected chi connectivity index (χ2v) is 8.45. The monoisotopic (exact) mass is 377 g/mol. The lowest BCUT2D eigenvalue weighted by atomic mass is 10.0. The first-order valence-corrected chi connectivity index (χ1v) is 10.1. The molecular weight excluding hydrogens is 350 g/mol. The van der Waals surface area contributed by atoms with Crippen LogP contribution in [0.5, 0.6) is 0 Å². The fourth-order valence-corrected chi connectivity index (χ4v) is 4.77. The average molecular weight is 377 g/mol. The number of imidazole rings is 1. The molecule has 3 aromatic heterocycles. The molecule has 7 nitrogen and oxygen atoms in total. The number of nitrogens with zero attached hydrogens (tertiary/aromatic N) is 6. The first-order valence-electron chi connectivity index (χ1n) is 10.1. The van der Waals surface area contributed by atoms with Crippen molar-refractivity contribution in [1.82, 2.24) is 24.5 Å². The lowest BCUT2D eigenvalue weighted by molar-refractivity contribution is 0.258. The molecule has 5 heterocycles. The van der Waals surface area contributed by atoms with Gasteiger partial charge in [0.05, 0.1) is 11.4 Å². The summed E-state index contributed by atoms with van der Waals surface area (Å²) in [7, 11) is 0.